The van der Waals surface area contributed by atoms with Gasteiger partial charge in [-0.2, -0.15) is 0 Å². The van der Waals surface area contributed by atoms with Crippen molar-refractivity contribution in [2.24, 2.45) is 0 Å². The summed E-state index contributed by atoms with van der Waals surface area (Å²) < 4.78 is 0. The van der Waals surface area contributed by atoms with Crippen molar-refractivity contribution < 1.29 is 9.59 Å². The minimum absolute atomic E-state index is 0.135. The molecule has 0 saturated heterocycles. The van der Waals surface area contributed by atoms with E-state index in [-0.39, 0.29) is 18.2 Å². The smallest absolute Gasteiger partial charge is 0.226 e. The molecule has 0 bridgehead atoms. The Morgan fingerprint density at radius 3 is 2.74 bits per heavy atom. The van der Waals surface area contributed by atoms with Gasteiger partial charge in [-0.3, -0.25) is 14.6 Å². The van der Waals surface area contributed by atoms with E-state index in [4.69, 9.17) is 0 Å². The summed E-state index contributed by atoms with van der Waals surface area (Å²) in [7, 11) is 0. The quantitative estimate of drug-likeness (QED) is 0.862. The number of amides is 2. The maximum Gasteiger partial charge on any atom is 0.226 e. The van der Waals surface area contributed by atoms with E-state index in [1.54, 1.807) is 6.20 Å². The summed E-state index contributed by atoms with van der Waals surface area (Å²) in [6, 6.07) is 13.3. The van der Waals surface area contributed by atoms with Crippen molar-refractivity contribution in [3.8, 4) is 0 Å². The molecule has 0 aliphatic carbocycles. The molecule has 0 unspecified atom stereocenters. The van der Waals surface area contributed by atoms with E-state index in [1.165, 1.54) is 6.92 Å². The number of nitrogens with zero attached hydrogens (tertiary/aromatic N) is 1. The second kappa shape index (κ2) is 8.48. The Morgan fingerprint density at radius 2 is 2.00 bits per heavy atom. The molecule has 2 N–H and O–H groups in total. The summed E-state index contributed by atoms with van der Waals surface area (Å²) in [5.74, 6) is -0.274. The molecule has 23 heavy (non-hydrogen) atoms. The number of carbonyl (C=O) groups excluding carboxylic acids is 2. The molecule has 1 aromatic heterocycles. The Kier molecular flexibility index (Phi) is 6.06. The lowest BCUT2D eigenvalue weighted by Crippen LogP contribution is -2.25. The molecule has 0 saturated carbocycles. The van der Waals surface area contributed by atoms with Crippen LogP contribution in [-0.2, 0) is 9.59 Å². The predicted molar refractivity (Wildman–Crippen MR) is 91.5 cm³/mol. The van der Waals surface area contributed by atoms with Gasteiger partial charge in [0.2, 0.25) is 11.8 Å². The van der Waals surface area contributed by atoms with Crippen LogP contribution in [0.25, 0.3) is 12.2 Å². The number of hydrogen-bond donors (Lipinski definition) is 2. The lowest BCUT2D eigenvalue weighted by molar-refractivity contribution is -0.119. The lowest BCUT2D eigenvalue weighted by Gasteiger charge is -2.06. The zero-order valence-electron chi connectivity index (χ0n) is 13.0. The average molecular weight is 309 g/mol. The van der Waals surface area contributed by atoms with Crippen LogP contribution in [0.2, 0.25) is 0 Å². The van der Waals surface area contributed by atoms with Gasteiger partial charge in [0.25, 0.3) is 0 Å². The van der Waals surface area contributed by atoms with Crippen LogP contribution >= 0.6 is 0 Å². The monoisotopic (exact) mass is 309 g/mol. The molecule has 5 heteroatoms. The zero-order valence-corrected chi connectivity index (χ0v) is 13.0. The molecule has 2 amide bonds. The van der Waals surface area contributed by atoms with Crippen molar-refractivity contribution in [3.63, 3.8) is 0 Å². The summed E-state index contributed by atoms with van der Waals surface area (Å²) in [6.45, 7) is 1.76. The highest BCUT2D eigenvalue weighted by Crippen LogP contribution is 2.13. The highest BCUT2D eigenvalue weighted by Gasteiger charge is 2.03. The van der Waals surface area contributed by atoms with Gasteiger partial charge in [0, 0.05) is 31.8 Å². The second-order valence-electron chi connectivity index (χ2n) is 4.99. The molecule has 0 radical (unpaired) electrons. The second-order valence-corrected chi connectivity index (χ2v) is 4.99. The fourth-order valence-corrected chi connectivity index (χ4v) is 1.95. The van der Waals surface area contributed by atoms with Crippen LogP contribution < -0.4 is 10.6 Å². The Morgan fingerprint density at radius 1 is 1.13 bits per heavy atom. The zero-order chi connectivity index (χ0) is 16.5. The fraction of sp³-hybridized carbons (Fsp3) is 0.167. The summed E-state index contributed by atoms with van der Waals surface area (Å²) in [5.41, 5.74) is 2.56. The molecule has 0 atom stereocenters. The first kappa shape index (κ1) is 16.4. The van der Waals surface area contributed by atoms with Gasteiger partial charge < -0.3 is 10.6 Å². The lowest BCUT2D eigenvalue weighted by atomic mass is 10.1. The van der Waals surface area contributed by atoms with Crippen molar-refractivity contribution >= 4 is 29.7 Å². The Balaban J connectivity index is 1.93. The van der Waals surface area contributed by atoms with E-state index >= 15 is 0 Å². The minimum Gasteiger partial charge on any atom is -0.356 e. The Labute approximate surface area is 135 Å². The van der Waals surface area contributed by atoms with Crippen LogP contribution in [0.1, 0.15) is 24.6 Å². The van der Waals surface area contributed by atoms with Crippen molar-refractivity contribution in [1.82, 2.24) is 10.3 Å². The highest BCUT2D eigenvalue weighted by molar-refractivity contribution is 5.91. The molecule has 118 valence electrons. The average Bonchev–Trinajstić information content (AvgIpc) is 2.54. The topological polar surface area (TPSA) is 71.1 Å². The number of anilines is 1. The third-order valence-electron chi connectivity index (χ3n) is 3.03. The van der Waals surface area contributed by atoms with Crippen molar-refractivity contribution in [2.45, 2.75) is 13.3 Å². The van der Waals surface area contributed by atoms with Crippen LogP contribution in [0.5, 0.6) is 0 Å². The number of carbonyl (C=O) groups is 2. The molecule has 1 heterocycles. The van der Waals surface area contributed by atoms with E-state index in [0.717, 1.165) is 16.9 Å². The molecule has 5 nitrogen and oxygen atoms in total. The molecular formula is C18H19N3O2. The molecular weight excluding hydrogens is 290 g/mol. The first-order valence-corrected chi connectivity index (χ1v) is 7.37. The van der Waals surface area contributed by atoms with Gasteiger partial charge in [0.15, 0.2) is 0 Å². The first-order chi connectivity index (χ1) is 11.1. The van der Waals surface area contributed by atoms with Crippen LogP contribution in [0.4, 0.5) is 5.69 Å². The number of nitrogens with one attached hydrogen (secondary N) is 2. The molecule has 2 rings (SSSR count). The molecule has 0 aliphatic rings. The van der Waals surface area contributed by atoms with Crippen LogP contribution in [-0.4, -0.2) is 23.3 Å². The molecule has 0 fully saturated rings. The van der Waals surface area contributed by atoms with Gasteiger partial charge in [-0.1, -0.05) is 24.3 Å². The Bertz CT molecular complexity index is 696. The number of aromatic nitrogens is 1. The third kappa shape index (κ3) is 6.13. The van der Waals surface area contributed by atoms with Crippen LogP contribution in [0, 0.1) is 0 Å². The van der Waals surface area contributed by atoms with E-state index in [2.05, 4.69) is 15.6 Å². The van der Waals surface area contributed by atoms with Gasteiger partial charge in [0.1, 0.15) is 0 Å². The molecule has 0 aliphatic heterocycles. The van der Waals surface area contributed by atoms with Crippen molar-refractivity contribution in [3.05, 3.63) is 59.9 Å². The summed E-state index contributed by atoms with van der Waals surface area (Å²) in [5, 5.41) is 5.41. The normalized spacial score (nSPS) is 10.5. The van der Waals surface area contributed by atoms with E-state index in [9.17, 15) is 9.59 Å². The van der Waals surface area contributed by atoms with Gasteiger partial charge >= 0.3 is 0 Å². The van der Waals surface area contributed by atoms with E-state index < -0.39 is 0 Å². The SMILES string of the molecule is CC(=O)NCCC(=O)Nc1cccc(C=Cc2ccccn2)c1. The fourth-order valence-electron chi connectivity index (χ4n) is 1.95. The number of hydrogen-bond acceptors (Lipinski definition) is 3. The summed E-state index contributed by atoms with van der Waals surface area (Å²) >= 11 is 0. The molecule has 2 aromatic rings. The van der Waals surface area contributed by atoms with Crippen LogP contribution in [0.3, 0.4) is 0 Å². The Hall–Kier alpha value is -2.95. The minimum atomic E-state index is -0.139. The van der Waals surface area contributed by atoms with Gasteiger partial charge in [-0.25, -0.2) is 0 Å². The highest BCUT2D eigenvalue weighted by atomic mass is 16.2. The van der Waals surface area contributed by atoms with Crippen molar-refractivity contribution in [2.75, 3.05) is 11.9 Å². The third-order valence-corrected chi connectivity index (χ3v) is 3.03. The van der Waals surface area contributed by atoms with Gasteiger partial charge in [-0.05, 0) is 35.9 Å². The molecule has 1 aromatic carbocycles. The van der Waals surface area contributed by atoms with Gasteiger partial charge in [0.05, 0.1) is 5.69 Å². The number of benzene rings is 1. The van der Waals surface area contributed by atoms with Crippen molar-refractivity contribution in [1.29, 1.82) is 0 Å². The number of rotatable bonds is 6. The summed E-state index contributed by atoms with van der Waals surface area (Å²) in [4.78, 5) is 26.8. The predicted octanol–water partition coefficient (Wildman–Crippen LogP) is 2.72. The standard InChI is InChI=1S/C18H19N3O2/c1-14(22)19-12-10-18(23)21-17-7-4-5-15(13-17)8-9-16-6-2-3-11-20-16/h2-9,11,13H,10,12H2,1H3,(H,19,22)(H,21,23). The largest absolute Gasteiger partial charge is 0.356 e. The number of pyridine rings is 1. The maximum atomic E-state index is 11.8. The van der Waals surface area contributed by atoms with Gasteiger partial charge in [-0.15, -0.1) is 0 Å². The van der Waals surface area contributed by atoms with Crippen LogP contribution in [0.15, 0.2) is 48.7 Å². The van der Waals surface area contributed by atoms with E-state index in [1.807, 2.05) is 54.6 Å². The molecule has 0 spiro atoms. The van der Waals surface area contributed by atoms with E-state index in [0.29, 0.717) is 6.54 Å². The summed E-state index contributed by atoms with van der Waals surface area (Å²) in [6.07, 6.45) is 5.84. The maximum absolute atomic E-state index is 11.8. The first-order valence-electron chi connectivity index (χ1n) is 7.37.